The molecule has 1 fully saturated rings. The molecule has 1 aliphatic heterocycles. The fourth-order valence-corrected chi connectivity index (χ4v) is 3.75. The Bertz CT molecular complexity index is 666. The van der Waals surface area contributed by atoms with Gasteiger partial charge < -0.3 is 19.9 Å². The average Bonchev–Trinajstić information content (AvgIpc) is 3.17. The highest BCUT2D eigenvalue weighted by Crippen LogP contribution is 2.18. The molecule has 0 aliphatic carbocycles. The number of benzene rings is 1. The zero-order valence-electron chi connectivity index (χ0n) is 19.1. The van der Waals surface area contributed by atoms with Crippen molar-refractivity contribution in [1.82, 2.24) is 20.0 Å². The Balaban J connectivity index is 0.00000450. The number of carbonyl (C=O) groups is 1. The van der Waals surface area contributed by atoms with E-state index in [0.29, 0.717) is 6.61 Å². The van der Waals surface area contributed by atoms with Crippen LogP contribution in [-0.4, -0.2) is 87.0 Å². The molecule has 1 N–H and O–H groups in total. The van der Waals surface area contributed by atoms with Crippen LogP contribution in [0.2, 0.25) is 0 Å². The first kappa shape index (κ1) is 26.5. The molecule has 170 valence electrons. The minimum Gasteiger partial charge on any atom is -0.494 e. The summed E-state index contributed by atoms with van der Waals surface area (Å²) in [6.07, 6.45) is 3.05. The number of likely N-dealkylation sites (tertiary alicyclic amines) is 1. The van der Waals surface area contributed by atoms with Crippen LogP contribution >= 0.6 is 24.0 Å². The van der Waals surface area contributed by atoms with E-state index >= 15 is 0 Å². The first-order valence-electron chi connectivity index (χ1n) is 10.5. The summed E-state index contributed by atoms with van der Waals surface area (Å²) in [7, 11) is 7.52. The molecule has 7 nitrogen and oxygen atoms in total. The molecule has 0 saturated carbocycles. The van der Waals surface area contributed by atoms with E-state index in [4.69, 9.17) is 4.74 Å². The number of carbonyl (C=O) groups excluding carboxylic acids is 1. The summed E-state index contributed by atoms with van der Waals surface area (Å²) in [5.41, 5.74) is 1.21. The van der Waals surface area contributed by atoms with Crippen LogP contribution in [0.3, 0.4) is 0 Å². The van der Waals surface area contributed by atoms with Crippen molar-refractivity contribution in [3.8, 4) is 5.75 Å². The van der Waals surface area contributed by atoms with Crippen LogP contribution in [0.1, 0.15) is 31.7 Å². The van der Waals surface area contributed by atoms with E-state index in [2.05, 4.69) is 32.2 Å². The Labute approximate surface area is 198 Å². The molecule has 30 heavy (non-hydrogen) atoms. The largest absolute Gasteiger partial charge is 0.494 e. The van der Waals surface area contributed by atoms with Gasteiger partial charge in [0.25, 0.3) is 0 Å². The Morgan fingerprint density at radius 1 is 1.27 bits per heavy atom. The molecule has 0 aromatic heterocycles. The van der Waals surface area contributed by atoms with Gasteiger partial charge in [0, 0.05) is 47.8 Å². The quantitative estimate of drug-likeness (QED) is 0.230. The number of guanidine groups is 1. The fraction of sp³-hybridized carbons (Fsp3) is 0.636. The molecule has 0 spiro atoms. The van der Waals surface area contributed by atoms with Crippen LogP contribution in [-0.2, 0) is 11.3 Å². The van der Waals surface area contributed by atoms with Gasteiger partial charge in [-0.15, -0.1) is 24.0 Å². The third kappa shape index (κ3) is 7.94. The molecule has 1 aliphatic rings. The van der Waals surface area contributed by atoms with Gasteiger partial charge in [-0.05, 0) is 50.4 Å². The lowest BCUT2D eigenvalue weighted by molar-refractivity contribution is -0.133. The molecule has 1 unspecified atom stereocenters. The van der Waals surface area contributed by atoms with Gasteiger partial charge in [0.15, 0.2) is 5.96 Å². The monoisotopic (exact) mass is 531 g/mol. The van der Waals surface area contributed by atoms with Crippen molar-refractivity contribution in [2.24, 2.45) is 4.99 Å². The molecule has 0 radical (unpaired) electrons. The standard InChI is InChI=1S/C22H37N5O2.HI/c1-6-29-19-12-10-18(11-13-19)17-26(5)22(23-2)24-14-8-16-27-15-7-9-20(27)21(28)25(3)4;/h10-13,20H,6-9,14-17H2,1-5H3,(H,23,24);1H. The van der Waals surface area contributed by atoms with Gasteiger partial charge in [-0.25, -0.2) is 0 Å². The molecule has 0 bridgehead atoms. The SMILES string of the molecule is CCOc1ccc(CN(C)C(=NC)NCCCN2CCCC2C(=O)N(C)C)cc1.I. The normalized spacial score (nSPS) is 16.7. The molecule has 2 rings (SSSR count). The summed E-state index contributed by atoms with van der Waals surface area (Å²) in [4.78, 5) is 22.8. The molecule has 1 amide bonds. The number of hydrogen-bond acceptors (Lipinski definition) is 4. The van der Waals surface area contributed by atoms with Crippen LogP contribution in [0.25, 0.3) is 0 Å². The van der Waals surface area contributed by atoms with Gasteiger partial charge in [-0.2, -0.15) is 0 Å². The first-order valence-corrected chi connectivity index (χ1v) is 10.5. The summed E-state index contributed by atoms with van der Waals surface area (Å²) in [6.45, 7) is 6.21. The molecule has 1 atom stereocenters. The lowest BCUT2D eigenvalue weighted by atomic mass is 10.2. The molecule has 1 saturated heterocycles. The van der Waals surface area contributed by atoms with Gasteiger partial charge >= 0.3 is 0 Å². The summed E-state index contributed by atoms with van der Waals surface area (Å²) in [5, 5.41) is 3.44. The molecule has 8 heteroatoms. The second-order valence-electron chi connectivity index (χ2n) is 7.69. The van der Waals surface area contributed by atoms with Crippen LogP contribution in [0.4, 0.5) is 0 Å². The van der Waals surface area contributed by atoms with Crippen molar-refractivity contribution in [2.75, 3.05) is 54.4 Å². The molecule has 1 aromatic carbocycles. The van der Waals surface area contributed by atoms with Crippen molar-refractivity contribution < 1.29 is 9.53 Å². The van der Waals surface area contributed by atoms with Gasteiger partial charge in [-0.1, -0.05) is 12.1 Å². The van der Waals surface area contributed by atoms with Crippen LogP contribution in [0.15, 0.2) is 29.3 Å². The van der Waals surface area contributed by atoms with Crippen LogP contribution in [0.5, 0.6) is 5.75 Å². The highest BCUT2D eigenvalue weighted by atomic mass is 127. The second-order valence-corrected chi connectivity index (χ2v) is 7.69. The first-order chi connectivity index (χ1) is 14.0. The minimum absolute atomic E-state index is 0. The average molecular weight is 531 g/mol. The van der Waals surface area contributed by atoms with E-state index in [0.717, 1.165) is 57.2 Å². The number of halogens is 1. The smallest absolute Gasteiger partial charge is 0.239 e. The maximum absolute atomic E-state index is 12.3. The van der Waals surface area contributed by atoms with Crippen molar-refractivity contribution >= 4 is 35.8 Å². The predicted molar refractivity (Wildman–Crippen MR) is 134 cm³/mol. The number of likely N-dealkylation sites (N-methyl/N-ethyl adjacent to an activating group) is 1. The van der Waals surface area contributed by atoms with Crippen LogP contribution in [0, 0.1) is 0 Å². The van der Waals surface area contributed by atoms with E-state index in [9.17, 15) is 4.79 Å². The third-order valence-corrected chi connectivity index (χ3v) is 5.22. The van der Waals surface area contributed by atoms with Gasteiger partial charge in [0.05, 0.1) is 12.6 Å². The van der Waals surface area contributed by atoms with E-state index in [-0.39, 0.29) is 35.9 Å². The Morgan fingerprint density at radius 2 is 1.97 bits per heavy atom. The minimum atomic E-state index is 0. The molecular weight excluding hydrogens is 493 g/mol. The Morgan fingerprint density at radius 3 is 2.57 bits per heavy atom. The summed E-state index contributed by atoms with van der Waals surface area (Å²) >= 11 is 0. The highest BCUT2D eigenvalue weighted by Gasteiger charge is 2.30. The van der Waals surface area contributed by atoms with Gasteiger partial charge in [0.1, 0.15) is 5.75 Å². The predicted octanol–water partition coefficient (Wildman–Crippen LogP) is 2.65. The molecule has 1 aromatic rings. The lowest BCUT2D eigenvalue weighted by Gasteiger charge is -2.26. The maximum Gasteiger partial charge on any atom is 0.239 e. The highest BCUT2D eigenvalue weighted by molar-refractivity contribution is 14.0. The van der Waals surface area contributed by atoms with Gasteiger partial charge in [0.2, 0.25) is 5.91 Å². The number of nitrogens with zero attached hydrogens (tertiary/aromatic N) is 4. The lowest BCUT2D eigenvalue weighted by Crippen LogP contribution is -2.44. The molecular formula is C22H38IN5O2. The van der Waals surface area contributed by atoms with Crippen LogP contribution < -0.4 is 10.1 Å². The number of ether oxygens (including phenoxy) is 1. The van der Waals surface area contributed by atoms with E-state index in [1.54, 1.807) is 4.90 Å². The van der Waals surface area contributed by atoms with Crippen molar-refractivity contribution in [1.29, 1.82) is 0 Å². The molecule has 1 heterocycles. The van der Waals surface area contributed by atoms with E-state index in [1.165, 1.54) is 5.56 Å². The zero-order chi connectivity index (χ0) is 21.2. The Kier molecular flexibility index (Phi) is 12.1. The summed E-state index contributed by atoms with van der Waals surface area (Å²) < 4.78 is 5.50. The van der Waals surface area contributed by atoms with Gasteiger partial charge in [-0.3, -0.25) is 14.7 Å². The number of rotatable bonds is 9. The summed E-state index contributed by atoms with van der Waals surface area (Å²) in [6, 6.07) is 8.23. The number of nitrogens with one attached hydrogen (secondary N) is 1. The van der Waals surface area contributed by atoms with E-state index in [1.807, 2.05) is 47.2 Å². The topological polar surface area (TPSA) is 60.4 Å². The summed E-state index contributed by atoms with van der Waals surface area (Å²) in [5.74, 6) is 2.00. The third-order valence-electron chi connectivity index (χ3n) is 5.22. The number of aliphatic imine (C=N–C) groups is 1. The van der Waals surface area contributed by atoms with Crippen molar-refractivity contribution in [3.63, 3.8) is 0 Å². The van der Waals surface area contributed by atoms with Crippen molar-refractivity contribution in [2.45, 2.75) is 38.8 Å². The van der Waals surface area contributed by atoms with Crippen molar-refractivity contribution in [3.05, 3.63) is 29.8 Å². The maximum atomic E-state index is 12.3. The fourth-order valence-electron chi connectivity index (χ4n) is 3.75. The zero-order valence-corrected chi connectivity index (χ0v) is 21.4. The number of amides is 1. The number of hydrogen-bond donors (Lipinski definition) is 1. The second kappa shape index (κ2) is 13.7. The van der Waals surface area contributed by atoms with E-state index < -0.39 is 0 Å². The Hall–Kier alpha value is -1.55.